The van der Waals surface area contributed by atoms with Gasteiger partial charge in [-0.25, -0.2) is 17.5 Å². The molecule has 0 aromatic heterocycles. The normalized spacial score (nSPS) is 11.4. The molecule has 1 rings (SSSR count). The van der Waals surface area contributed by atoms with Crippen LogP contribution in [0.1, 0.15) is 17.3 Å². The van der Waals surface area contributed by atoms with Gasteiger partial charge in [-0.1, -0.05) is 6.07 Å². The van der Waals surface area contributed by atoms with Crippen LogP contribution in [0.4, 0.5) is 0 Å². The minimum absolute atomic E-state index is 0.0190. The molecule has 19 heavy (non-hydrogen) atoms. The van der Waals surface area contributed by atoms with E-state index in [4.69, 9.17) is 4.74 Å². The van der Waals surface area contributed by atoms with Crippen LogP contribution in [-0.2, 0) is 14.8 Å². The molecule has 1 aromatic rings. The number of benzene rings is 1. The van der Waals surface area contributed by atoms with Crippen molar-refractivity contribution in [1.82, 2.24) is 4.31 Å². The number of rotatable bonds is 5. The summed E-state index contributed by atoms with van der Waals surface area (Å²) in [6.45, 7) is 1.95. The Balaban J connectivity index is 3.53. The van der Waals surface area contributed by atoms with Gasteiger partial charge in [0.25, 0.3) is 0 Å². The zero-order chi connectivity index (χ0) is 14.6. The van der Waals surface area contributed by atoms with E-state index in [0.29, 0.717) is 0 Å². The first-order valence-electron chi connectivity index (χ1n) is 5.62. The standard InChI is InChI=1S/C12H17NO5S/c1-5-18-11-9(12(14)17-4)7-6-8-10(11)19(15,16)13(2)3/h6-8H,5H2,1-4H3. The molecule has 0 aliphatic heterocycles. The first-order chi connectivity index (χ1) is 8.86. The molecule has 1 aromatic carbocycles. The minimum Gasteiger partial charge on any atom is -0.492 e. The predicted octanol–water partition coefficient (Wildman–Crippen LogP) is 1.12. The Kier molecular flexibility index (Phi) is 4.90. The summed E-state index contributed by atoms with van der Waals surface area (Å²) >= 11 is 0. The summed E-state index contributed by atoms with van der Waals surface area (Å²) in [5.41, 5.74) is 0.0901. The Morgan fingerprint density at radius 2 is 1.95 bits per heavy atom. The molecule has 0 amide bonds. The summed E-state index contributed by atoms with van der Waals surface area (Å²) in [4.78, 5) is 11.6. The SMILES string of the molecule is CCOc1c(C(=O)OC)cccc1S(=O)(=O)N(C)C. The lowest BCUT2D eigenvalue weighted by molar-refractivity contribution is 0.0595. The van der Waals surface area contributed by atoms with E-state index < -0.39 is 16.0 Å². The summed E-state index contributed by atoms with van der Waals surface area (Å²) in [6.07, 6.45) is 0. The lowest BCUT2D eigenvalue weighted by atomic mass is 10.2. The predicted molar refractivity (Wildman–Crippen MR) is 69.8 cm³/mol. The van der Waals surface area contributed by atoms with Crippen LogP contribution in [0.15, 0.2) is 23.1 Å². The van der Waals surface area contributed by atoms with E-state index in [-0.39, 0.29) is 22.8 Å². The fourth-order valence-corrected chi connectivity index (χ4v) is 2.53. The number of ether oxygens (including phenoxy) is 2. The van der Waals surface area contributed by atoms with Gasteiger partial charge in [0, 0.05) is 14.1 Å². The Bertz CT molecular complexity index is 565. The van der Waals surface area contributed by atoms with Gasteiger partial charge in [-0.15, -0.1) is 0 Å². The molecule has 106 valence electrons. The van der Waals surface area contributed by atoms with Crippen molar-refractivity contribution < 1.29 is 22.7 Å². The van der Waals surface area contributed by atoms with Gasteiger partial charge >= 0.3 is 5.97 Å². The lowest BCUT2D eigenvalue weighted by Gasteiger charge is -2.17. The highest BCUT2D eigenvalue weighted by atomic mass is 32.2. The van der Waals surface area contributed by atoms with E-state index >= 15 is 0 Å². The number of hydrogen-bond acceptors (Lipinski definition) is 5. The molecule has 0 fully saturated rings. The fourth-order valence-electron chi connectivity index (χ4n) is 1.48. The summed E-state index contributed by atoms with van der Waals surface area (Å²) in [6, 6.07) is 4.34. The van der Waals surface area contributed by atoms with Crippen molar-refractivity contribution in [2.24, 2.45) is 0 Å². The van der Waals surface area contributed by atoms with Gasteiger partial charge in [0.05, 0.1) is 13.7 Å². The van der Waals surface area contributed by atoms with Crippen LogP contribution >= 0.6 is 0 Å². The number of esters is 1. The van der Waals surface area contributed by atoms with Gasteiger partial charge in [0.1, 0.15) is 10.5 Å². The van der Waals surface area contributed by atoms with Crippen molar-refractivity contribution in [3.8, 4) is 5.75 Å². The Labute approximate surface area is 113 Å². The topological polar surface area (TPSA) is 72.9 Å². The smallest absolute Gasteiger partial charge is 0.341 e. The van der Waals surface area contributed by atoms with E-state index in [0.717, 1.165) is 4.31 Å². The van der Waals surface area contributed by atoms with Crippen molar-refractivity contribution in [2.45, 2.75) is 11.8 Å². The average molecular weight is 287 g/mol. The third kappa shape index (κ3) is 3.05. The second-order valence-corrected chi connectivity index (χ2v) is 5.97. The van der Waals surface area contributed by atoms with Crippen molar-refractivity contribution in [2.75, 3.05) is 27.8 Å². The number of para-hydroxylation sites is 1. The molecule has 7 heteroatoms. The van der Waals surface area contributed by atoms with E-state index in [1.54, 1.807) is 6.92 Å². The Hall–Kier alpha value is -1.60. The zero-order valence-electron chi connectivity index (χ0n) is 11.3. The first kappa shape index (κ1) is 15.5. The largest absolute Gasteiger partial charge is 0.492 e. The summed E-state index contributed by atoms with van der Waals surface area (Å²) < 4.78 is 35.4. The molecule has 0 N–H and O–H groups in total. The first-order valence-corrected chi connectivity index (χ1v) is 7.06. The van der Waals surface area contributed by atoms with E-state index in [9.17, 15) is 13.2 Å². The van der Waals surface area contributed by atoms with Crippen LogP contribution in [-0.4, -0.2) is 46.5 Å². The third-order valence-corrected chi connectivity index (χ3v) is 4.27. The zero-order valence-corrected chi connectivity index (χ0v) is 12.2. The fraction of sp³-hybridized carbons (Fsp3) is 0.417. The number of nitrogens with zero attached hydrogens (tertiary/aromatic N) is 1. The highest BCUT2D eigenvalue weighted by Crippen LogP contribution is 2.30. The Morgan fingerprint density at radius 3 is 2.42 bits per heavy atom. The molecule has 0 atom stereocenters. The summed E-state index contributed by atoms with van der Waals surface area (Å²) in [7, 11) is 0.359. The molecule has 0 bridgehead atoms. The number of carbonyl (C=O) groups is 1. The van der Waals surface area contributed by atoms with Gasteiger partial charge in [-0.05, 0) is 19.1 Å². The number of hydrogen-bond donors (Lipinski definition) is 0. The van der Waals surface area contributed by atoms with Crippen LogP contribution in [0, 0.1) is 0 Å². The maximum Gasteiger partial charge on any atom is 0.341 e. The van der Waals surface area contributed by atoms with Gasteiger partial charge in [-0.2, -0.15) is 0 Å². The van der Waals surface area contributed by atoms with Crippen molar-refractivity contribution in [3.05, 3.63) is 23.8 Å². The summed E-state index contributed by atoms with van der Waals surface area (Å²) in [5.74, 6) is -0.621. The maximum absolute atomic E-state index is 12.2. The Morgan fingerprint density at radius 1 is 1.32 bits per heavy atom. The maximum atomic E-state index is 12.2. The van der Waals surface area contributed by atoms with Crippen molar-refractivity contribution in [3.63, 3.8) is 0 Å². The quantitative estimate of drug-likeness (QED) is 0.759. The molecule has 0 spiro atoms. The minimum atomic E-state index is -3.69. The van der Waals surface area contributed by atoms with Gasteiger partial charge in [0.2, 0.25) is 10.0 Å². The number of carbonyl (C=O) groups excluding carboxylic acids is 1. The lowest BCUT2D eigenvalue weighted by Crippen LogP contribution is -2.23. The van der Waals surface area contributed by atoms with Crippen LogP contribution in [0.3, 0.4) is 0 Å². The molecular weight excluding hydrogens is 270 g/mol. The van der Waals surface area contributed by atoms with Crippen LogP contribution < -0.4 is 4.74 Å². The van der Waals surface area contributed by atoms with Gasteiger partial charge in [0.15, 0.2) is 5.75 Å². The molecular formula is C12H17NO5S. The van der Waals surface area contributed by atoms with Crippen LogP contribution in [0.2, 0.25) is 0 Å². The number of sulfonamides is 1. The van der Waals surface area contributed by atoms with Crippen molar-refractivity contribution in [1.29, 1.82) is 0 Å². The summed E-state index contributed by atoms with van der Waals surface area (Å²) in [5, 5.41) is 0. The van der Waals surface area contributed by atoms with E-state index in [1.807, 2.05) is 0 Å². The molecule has 0 saturated carbocycles. The molecule has 0 heterocycles. The molecule has 0 aliphatic rings. The third-order valence-electron chi connectivity index (χ3n) is 2.43. The van der Waals surface area contributed by atoms with Crippen molar-refractivity contribution >= 4 is 16.0 Å². The van der Waals surface area contributed by atoms with Crippen LogP contribution in [0.25, 0.3) is 0 Å². The molecule has 6 nitrogen and oxygen atoms in total. The van der Waals surface area contributed by atoms with Crippen LogP contribution in [0.5, 0.6) is 5.75 Å². The monoisotopic (exact) mass is 287 g/mol. The second-order valence-electron chi connectivity index (χ2n) is 3.84. The highest BCUT2D eigenvalue weighted by molar-refractivity contribution is 7.89. The van der Waals surface area contributed by atoms with E-state index in [1.165, 1.54) is 39.4 Å². The number of methoxy groups -OCH3 is 1. The second kappa shape index (κ2) is 6.03. The molecule has 0 saturated heterocycles. The average Bonchev–Trinajstić information content (AvgIpc) is 2.38. The molecule has 0 radical (unpaired) electrons. The molecule has 0 unspecified atom stereocenters. The van der Waals surface area contributed by atoms with E-state index in [2.05, 4.69) is 4.74 Å². The van der Waals surface area contributed by atoms with Gasteiger partial charge in [-0.3, -0.25) is 0 Å². The molecule has 0 aliphatic carbocycles. The van der Waals surface area contributed by atoms with Gasteiger partial charge < -0.3 is 9.47 Å². The highest BCUT2D eigenvalue weighted by Gasteiger charge is 2.26.